The van der Waals surface area contributed by atoms with Gasteiger partial charge in [-0.15, -0.1) is 11.8 Å². The van der Waals surface area contributed by atoms with Crippen molar-refractivity contribution in [3.05, 3.63) is 41.5 Å². The highest BCUT2D eigenvalue weighted by Crippen LogP contribution is 2.40. The number of nitrogens with zero attached hydrogens (tertiary/aromatic N) is 3. The molecule has 2 aliphatic heterocycles. The normalized spacial score (nSPS) is 23.8. The molecule has 120 valence electrons. The number of carbonyl (C=O) groups excluding carboxylic acids is 1. The van der Waals surface area contributed by atoms with E-state index >= 15 is 0 Å². The van der Waals surface area contributed by atoms with E-state index < -0.39 is 0 Å². The zero-order valence-corrected chi connectivity index (χ0v) is 13.7. The second kappa shape index (κ2) is 5.98. The number of aromatic amines is 1. The van der Waals surface area contributed by atoms with Crippen LogP contribution < -0.4 is 0 Å². The van der Waals surface area contributed by atoms with Crippen molar-refractivity contribution in [3.63, 3.8) is 0 Å². The summed E-state index contributed by atoms with van der Waals surface area (Å²) >= 11 is 1.76. The zero-order chi connectivity index (χ0) is 15.8. The molecule has 1 aromatic heterocycles. The van der Waals surface area contributed by atoms with E-state index in [1.807, 2.05) is 24.0 Å². The van der Waals surface area contributed by atoms with Gasteiger partial charge >= 0.3 is 0 Å². The van der Waals surface area contributed by atoms with Crippen LogP contribution in [0.5, 0.6) is 0 Å². The molecule has 0 bridgehead atoms. The van der Waals surface area contributed by atoms with Gasteiger partial charge in [-0.05, 0) is 18.6 Å². The lowest BCUT2D eigenvalue weighted by molar-refractivity contribution is -0.140. The molecule has 4 rings (SSSR count). The Hall–Kier alpha value is -1.86. The molecule has 0 radical (unpaired) electrons. The van der Waals surface area contributed by atoms with Gasteiger partial charge in [-0.1, -0.05) is 18.2 Å². The number of benzene rings is 1. The summed E-state index contributed by atoms with van der Waals surface area (Å²) in [6, 6.07) is 8.18. The third-order valence-corrected chi connectivity index (χ3v) is 5.46. The van der Waals surface area contributed by atoms with Crippen molar-refractivity contribution in [1.29, 1.82) is 0 Å². The molecular weight excluding hydrogens is 312 g/mol. The first kappa shape index (κ1) is 14.7. The monoisotopic (exact) mass is 330 g/mol. The molecule has 2 aromatic rings. The van der Waals surface area contributed by atoms with Crippen molar-refractivity contribution in [2.45, 2.75) is 23.8 Å². The Morgan fingerprint density at radius 1 is 1.43 bits per heavy atom. The van der Waals surface area contributed by atoms with E-state index in [9.17, 15) is 4.79 Å². The predicted octanol–water partition coefficient (Wildman–Crippen LogP) is 1.90. The summed E-state index contributed by atoms with van der Waals surface area (Å²) in [5.74, 6) is 2.33. The lowest BCUT2D eigenvalue weighted by Gasteiger charge is -2.33. The first-order chi connectivity index (χ1) is 11.2. The lowest BCUT2D eigenvalue weighted by atomic mass is 9.99. The summed E-state index contributed by atoms with van der Waals surface area (Å²) in [7, 11) is 0. The number of thioether (sulfide) groups is 1. The van der Waals surface area contributed by atoms with Crippen LogP contribution in [0.2, 0.25) is 0 Å². The van der Waals surface area contributed by atoms with Crippen LogP contribution in [0.4, 0.5) is 0 Å². The van der Waals surface area contributed by atoms with Gasteiger partial charge in [-0.25, -0.2) is 4.98 Å². The Bertz CT molecular complexity index is 732. The molecule has 6 nitrogen and oxygen atoms in total. The standard InChI is InChI=1S/C16H18N4O2S/c1-10-17-15(19-18-10)13-8-20(6-7-22-13)16(21)12-9-23-14-5-3-2-4-11(12)14/h2-5,12-13H,6-9H2,1H3,(H,17,18,19)/t12-,13+/m1/s1. The molecule has 2 aliphatic rings. The first-order valence-corrected chi connectivity index (χ1v) is 8.72. The summed E-state index contributed by atoms with van der Waals surface area (Å²) in [5, 5.41) is 6.99. The summed E-state index contributed by atoms with van der Waals surface area (Å²) < 4.78 is 5.75. The molecule has 1 saturated heterocycles. The van der Waals surface area contributed by atoms with Gasteiger partial charge < -0.3 is 9.64 Å². The Morgan fingerprint density at radius 2 is 2.30 bits per heavy atom. The maximum Gasteiger partial charge on any atom is 0.231 e. The minimum Gasteiger partial charge on any atom is -0.366 e. The highest BCUT2D eigenvalue weighted by molar-refractivity contribution is 7.99. The number of hydrogen-bond donors (Lipinski definition) is 1. The zero-order valence-electron chi connectivity index (χ0n) is 12.9. The quantitative estimate of drug-likeness (QED) is 0.911. The van der Waals surface area contributed by atoms with Crippen LogP contribution in [0.25, 0.3) is 0 Å². The minimum atomic E-state index is -0.248. The van der Waals surface area contributed by atoms with E-state index in [4.69, 9.17) is 4.74 Å². The number of aryl methyl sites for hydroxylation is 1. The van der Waals surface area contributed by atoms with Crippen molar-refractivity contribution in [2.75, 3.05) is 25.4 Å². The van der Waals surface area contributed by atoms with Crippen molar-refractivity contribution < 1.29 is 9.53 Å². The molecule has 1 amide bonds. The van der Waals surface area contributed by atoms with E-state index in [-0.39, 0.29) is 17.9 Å². The Kier molecular flexibility index (Phi) is 3.82. The number of nitrogens with one attached hydrogen (secondary N) is 1. The number of H-pyrrole nitrogens is 1. The number of morpholine rings is 1. The van der Waals surface area contributed by atoms with Gasteiger partial charge in [0.25, 0.3) is 0 Å². The van der Waals surface area contributed by atoms with Crippen molar-refractivity contribution in [3.8, 4) is 0 Å². The molecule has 0 spiro atoms. The number of hydrogen-bond acceptors (Lipinski definition) is 5. The molecule has 3 heterocycles. The number of carbonyl (C=O) groups is 1. The SMILES string of the molecule is Cc1nc([C@@H]2CN(C(=O)[C@@H]3CSc4ccccc43)CCO2)n[nH]1. The van der Waals surface area contributed by atoms with Crippen molar-refractivity contribution in [1.82, 2.24) is 20.1 Å². The van der Waals surface area contributed by atoms with E-state index in [1.165, 1.54) is 4.90 Å². The van der Waals surface area contributed by atoms with Crippen molar-refractivity contribution >= 4 is 17.7 Å². The van der Waals surface area contributed by atoms with Crippen LogP contribution in [-0.4, -0.2) is 51.4 Å². The van der Waals surface area contributed by atoms with Gasteiger partial charge in [0, 0.05) is 17.2 Å². The molecular formula is C16H18N4O2S. The number of rotatable bonds is 2. The Balaban J connectivity index is 1.51. The van der Waals surface area contributed by atoms with Crippen LogP contribution in [0.15, 0.2) is 29.2 Å². The van der Waals surface area contributed by atoms with Crippen LogP contribution in [0, 0.1) is 6.92 Å². The van der Waals surface area contributed by atoms with E-state index in [0.29, 0.717) is 25.5 Å². The van der Waals surface area contributed by atoms with Crippen LogP contribution in [0.1, 0.15) is 29.2 Å². The average molecular weight is 330 g/mol. The second-order valence-electron chi connectivity index (χ2n) is 5.82. The van der Waals surface area contributed by atoms with Gasteiger partial charge in [0.05, 0.1) is 19.1 Å². The molecule has 1 N–H and O–H groups in total. The number of ether oxygens (including phenoxy) is 1. The van der Waals surface area contributed by atoms with E-state index in [0.717, 1.165) is 17.1 Å². The van der Waals surface area contributed by atoms with Gasteiger partial charge in [0.15, 0.2) is 5.82 Å². The predicted molar refractivity (Wildman–Crippen MR) is 86.3 cm³/mol. The molecule has 7 heteroatoms. The fourth-order valence-electron chi connectivity index (χ4n) is 3.10. The van der Waals surface area contributed by atoms with E-state index in [1.54, 1.807) is 11.8 Å². The fraction of sp³-hybridized carbons (Fsp3) is 0.438. The molecule has 1 aromatic carbocycles. The number of fused-ring (bicyclic) bond motifs is 1. The first-order valence-electron chi connectivity index (χ1n) is 7.73. The average Bonchev–Trinajstić information content (AvgIpc) is 3.20. The molecule has 0 saturated carbocycles. The van der Waals surface area contributed by atoms with Gasteiger partial charge in [-0.3, -0.25) is 9.89 Å². The Morgan fingerprint density at radius 3 is 3.13 bits per heavy atom. The van der Waals surface area contributed by atoms with Crippen LogP contribution in [-0.2, 0) is 9.53 Å². The topological polar surface area (TPSA) is 71.1 Å². The van der Waals surface area contributed by atoms with Gasteiger partial charge in [0.2, 0.25) is 5.91 Å². The van der Waals surface area contributed by atoms with Crippen LogP contribution in [0.3, 0.4) is 0 Å². The summed E-state index contributed by atoms with van der Waals surface area (Å²) in [4.78, 5) is 20.4. The maximum atomic E-state index is 13.0. The summed E-state index contributed by atoms with van der Waals surface area (Å²) in [5.41, 5.74) is 1.15. The summed E-state index contributed by atoms with van der Waals surface area (Å²) in [6.45, 7) is 3.52. The second-order valence-corrected chi connectivity index (χ2v) is 6.89. The lowest BCUT2D eigenvalue weighted by Crippen LogP contribution is -2.44. The van der Waals surface area contributed by atoms with Gasteiger partial charge in [-0.2, -0.15) is 5.10 Å². The fourth-order valence-corrected chi connectivity index (χ4v) is 4.32. The molecule has 0 unspecified atom stereocenters. The third kappa shape index (κ3) is 2.74. The summed E-state index contributed by atoms with van der Waals surface area (Å²) in [6.07, 6.45) is -0.248. The molecule has 2 atom stereocenters. The molecule has 0 aliphatic carbocycles. The van der Waals surface area contributed by atoms with Gasteiger partial charge in [0.1, 0.15) is 11.9 Å². The number of amides is 1. The highest BCUT2D eigenvalue weighted by atomic mass is 32.2. The molecule has 23 heavy (non-hydrogen) atoms. The third-order valence-electron chi connectivity index (χ3n) is 4.28. The maximum absolute atomic E-state index is 13.0. The van der Waals surface area contributed by atoms with E-state index in [2.05, 4.69) is 27.3 Å². The highest BCUT2D eigenvalue weighted by Gasteiger charge is 2.35. The van der Waals surface area contributed by atoms with Crippen molar-refractivity contribution in [2.24, 2.45) is 0 Å². The Labute approximate surface area is 138 Å². The van der Waals surface area contributed by atoms with Crippen LogP contribution >= 0.6 is 11.8 Å². The number of aromatic nitrogens is 3. The largest absolute Gasteiger partial charge is 0.366 e. The molecule has 1 fully saturated rings. The minimum absolute atomic E-state index is 0.0520. The smallest absolute Gasteiger partial charge is 0.231 e.